The number of fused-ring (bicyclic) bond motifs is 1. The second-order valence-corrected chi connectivity index (χ2v) is 6.99. The predicted molar refractivity (Wildman–Crippen MR) is 88.7 cm³/mol. The van der Waals surface area contributed by atoms with E-state index in [4.69, 9.17) is 11.6 Å². The Morgan fingerprint density at radius 3 is 2.65 bits per heavy atom. The van der Waals surface area contributed by atoms with Crippen LogP contribution in [0.15, 0.2) is 24.4 Å². The Bertz CT molecular complexity index is 596. The molecule has 0 radical (unpaired) electrons. The average molecular weight is 293 g/mol. The van der Waals surface area contributed by atoms with Gasteiger partial charge in [-0.1, -0.05) is 45.4 Å². The molecule has 0 aliphatic carbocycles. The van der Waals surface area contributed by atoms with Crippen LogP contribution in [-0.2, 0) is 12.5 Å². The van der Waals surface area contributed by atoms with Crippen molar-refractivity contribution in [3.63, 3.8) is 0 Å². The van der Waals surface area contributed by atoms with Gasteiger partial charge in [0.15, 0.2) is 0 Å². The molecule has 0 spiro atoms. The van der Waals surface area contributed by atoms with Gasteiger partial charge in [-0.2, -0.15) is 0 Å². The first-order valence-corrected chi connectivity index (χ1v) is 7.67. The molecule has 3 heteroatoms. The zero-order chi connectivity index (χ0) is 14.9. The maximum absolute atomic E-state index is 6.11. The van der Waals surface area contributed by atoms with E-state index in [1.165, 1.54) is 16.5 Å². The molecule has 0 unspecified atom stereocenters. The first-order chi connectivity index (χ1) is 9.31. The Balaban J connectivity index is 2.31. The molecular weight excluding hydrogens is 268 g/mol. The highest BCUT2D eigenvalue weighted by Gasteiger charge is 2.24. The van der Waals surface area contributed by atoms with E-state index in [2.05, 4.69) is 56.9 Å². The standard InChI is InChI=1S/C17H25ClN2/c1-12(2)19-9-8-17(3,4)15-11-20(5)16-10-13(18)6-7-14(15)16/h6-7,10-12,19H,8-9H2,1-5H3. The molecule has 0 bridgehead atoms. The molecule has 1 aromatic heterocycles. The van der Waals surface area contributed by atoms with Gasteiger partial charge in [0, 0.05) is 35.2 Å². The average Bonchev–Trinajstić information content (AvgIpc) is 2.66. The van der Waals surface area contributed by atoms with E-state index in [0.717, 1.165) is 18.0 Å². The number of hydrogen-bond acceptors (Lipinski definition) is 1. The van der Waals surface area contributed by atoms with Crippen molar-refractivity contribution in [2.75, 3.05) is 6.54 Å². The molecule has 0 fully saturated rings. The van der Waals surface area contributed by atoms with Crippen LogP contribution in [-0.4, -0.2) is 17.2 Å². The quantitative estimate of drug-likeness (QED) is 0.859. The molecule has 2 rings (SSSR count). The lowest BCUT2D eigenvalue weighted by Gasteiger charge is -2.25. The van der Waals surface area contributed by atoms with Crippen molar-refractivity contribution in [1.82, 2.24) is 9.88 Å². The van der Waals surface area contributed by atoms with Crippen molar-refractivity contribution < 1.29 is 0 Å². The van der Waals surface area contributed by atoms with E-state index in [0.29, 0.717) is 6.04 Å². The minimum absolute atomic E-state index is 0.148. The molecule has 0 saturated carbocycles. The SMILES string of the molecule is CC(C)NCCC(C)(C)c1cn(C)c2cc(Cl)ccc12. The van der Waals surface area contributed by atoms with Crippen LogP contribution in [0, 0.1) is 0 Å². The number of halogens is 1. The highest BCUT2D eigenvalue weighted by molar-refractivity contribution is 6.31. The molecule has 0 aliphatic rings. The molecule has 1 heterocycles. The van der Waals surface area contributed by atoms with E-state index in [-0.39, 0.29) is 5.41 Å². The molecule has 20 heavy (non-hydrogen) atoms. The van der Waals surface area contributed by atoms with Gasteiger partial charge in [-0.15, -0.1) is 0 Å². The van der Waals surface area contributed by atoms with Crippen LogP contribution in [0.2, 0.25) is 5.02 Å². The molecular formula is C17H25ClN2. The number of aryl methyl sites for hydroxylation is 1. The molecule has 0 atom stereocenters. The summed E-state index contributed by atoms with van der Waals surface area (Å²) >= 11 is 6.11. The number of nitrogens with zero attached hydrogens (tertiary/aromatic N) is 1. The molecule has 0 saturated heterocycles. The van der Waals surface area contributed by atoms with E-state index < -0.39 is 0 Å². The number of aromatic nitrogens is 1. The zero-order valence-electron chi connectivity index (χ0n) is 13.1. The second kappa shape index (κ2) is 5.79. The molecule has 1 aromatic carbocycles. The number of rotatable bonds is 5. The van der Waals surface area contributed by atoms with E-state index in [1.54, 1.807) is 0 Å². The Labute approximate surface area is 127 Å². The summed E-state index contributed by atoms with van der Waals surface area (Å²) in [6.45, 7) is 10.0. The smallest absolute Gasteiger partial charge is 0.0495 e. The lowest BCUT2D eigenvalue weighted by atomic mass is 9.81. The van der Waals surface area contributed by atoms with Gasteiger partial charge < -0.3 is 9.88 Å². The third kappa shape index (κ3) is 3.18. The fourth-order valence-electron chi connectivity index (χ4n) is 2.70. The summed E-state index contributed by atoms with van der Waals surface area (Å²) in [4.78, 5) is 0. The summed E-state index contributed by atoms with van der Waals surface area (Å²) in [5.41, 5.74) is 2.75. The number of nitrogens with one attached hydrogen (secondary N) is 1. The predicted octanol–water partition coefficient (Wildman–Crippen LogP) is 4.50. The second-order valence-electron chi connectivity index (χ2n) is 6.56. The molecule has 2 nitrogen and oxygen atoms in total. The van der Waals surface area contributed by atoms with Crippen molar-refractivity contribution in [3.8, 4) is 0 Å². The normalized spacial score (nSPS) is 12.6. The van der Waals surface area contributed by atoms with Crippen molar-refractivity contribution in [3.05, 3.63) is 35.0 Å². The maximum Gasteiger partial charge on any atom is 0.0495 e. The molecule has 0 amide bonds. The van der Waals surface area contributed by atoms with Crippen molar-refractivity contribution in [2.45, 2.75) is 45.6 Å². The van der Waals surface area contributed by atoms with E-state index in [1.807, 2.05) is 12.1 Å². The fraction of sp³-hybridized carbons (Fsp3) is 0.529. The van der Waals surface area contributed by atoms with Gasteiger partial charge in [-0.3, -0.25) is 0 Å². The highest BCUT2D eigenvalue weighted by Crippen LogP contribution is 2.34. The third-order valence-electron chi connectivity index (χ3n) is 3.98. The summed E-state index contributed by atoms with van der Waals surface area (Å²) in [5.74, 6) is 0. The van der Waals surface area contributed by atoms with Crippen LogP contribution in [0.5, 0.6) is 0 Å². The Hall–Kier alpha value is -0.990. The largest absolute Gasteiger partial charge is 0.350 e. The minimum atomic E-state index is 0.148. The van der Waals surface area contributed by atoms with E-state index >= 15 is 0 Å². The van der Waals surface area contributed by atoms with Crippen LogP contribution in [0.4, 0.5) is 0 Å². The van der Waals surface area contributed by atoms with Gasteiger partial charge in [-0.25, -0.2) is 0 Å². The number of benzene rings is 1. The van der Waals surface area contributed by atoms with Gasteiger partial charge in [0.05, 0.1) is 0 Å². The first kappa shape index (κ1) is 15.4. The third-order valence-corrected chi connectivity index (χ3v) is 4.22. The van der Waals surface area contributed by atoms with Gasteiger partial charge in [0.1, 0.15) is 0 Å². The highest BCUT2D eigenvalue weighted by atomic mass is 35.5. The van der Waals surface area contributed by atoms with Crippen molar-refractivity contribution in [2.24, 2.45) is 7.05 Å². The summed E-state index contributed by atoms with van der Waals surface area (Å²) in [6.07, 6.45) is 3.36. The lowest BCUT2D eigenvalue weighted by molar-refractivity contribution is 0.443. The lowest BCUT2D eigenvalue weighted by Crippen LogP contribution is -2.29. The van der Waals surface area contributed by atoms with E-state index in [9.17, 15) is 0 Å². The zero-order valence-corrected chi connectivity index (χ0v) is 13.9. The summed E-state index contributed by atoms with van der Waals surface area (Å²) < 4.78 is 2.17. The van der Waals surface area contributed by atoms with Crippen LogP contribution in [0.3, 0.4) is 0 Å². The fourth-order valence-corrected chi connectivity index (χ4v) is 2.87. The van der Waals surface area contributed by atoms with Gasteiger partial charge >= 0.3 is 0 Å². The molecule has 2 aromatic rings. The van der Waals surface area contributed by atoms with Gasteiger partial charge in [0.2, 0.25) is 0 Å². The summed E-state index contributed by atoms with van der Waals surface area (Å²) in [6, 6.07) is 6.71. The molecule has 0 aliphatic heterocycles. The first-order valence-electron chi connectivity index (χ1n) is 7.30. The Morgan fingerprint density at radius 1 is 1.30 bits per heavy atom. The van der Waals surface area contributed by atoms with Crippen molar-refractivity contribution in [1.29, 1.82) is 0 Å². The van der Waals surface area contributed by atoms with Crippen LogP contribution in [0.25, 0.3) is 10.9 Å². The Morgan fingerprint density at radius 2 is 2.00 bits per heavy atom. The topological polar surface area (TPSA) is 17.0 Å². The van der Waals surface area contributed by atoms with Gasteiger partial charge in [-0.05, 0) is 36.1 Å². The minimum Gasteiger partial charge on any atom is -0.350 e. The monoisotopic (exact) mass is 292 g/mol. The van der Waals surface area contributed by atoms with Crippen molar-refractivity contribution >= 4 is 22.5 Å². The summed E-state index contributed by atoms with van der Waals surface area (Å²) in [5, 5.41) is 5.61. The van der Waals surface area contributed by atoms with Crippen LogP contribution < -0.4 is 5.32 Å². The molecule has 110 valence electrons. The summed E-state index contributed by atoms with van der Waals surface area (Å²) in [7, 11) is 2.09. The number of hydrogen-bond donors (Lipinski definition) is 1. The van der Waals surface area contributed by atoms with Crippen LogP contribution in [0.1, 0.15) is 39.7 Å². The van der Waals surface area contributed by atoms with Gasteiger partial charge in [0.25, 0.3) is 0 Å². The Kier molecular flexibility index (Phi) is 4.46. The van der Waals surface area contributed by atoms with Crippen LogP contribution >= 0.6 is 11.6 Å². The maximum atomic E-state index is 6.11. The molecule has 1 N–H and O–H groups in total.